The number of halogens is 5. The molecule has 174 valence electrons. The average molecular weight is 482 g/mol. The average Bonchev–Trinajstić information content (AvgIpc) is 2.79. The molecule has 1 aliphatic heterocycles. The molecule has 0 radical (unpaired) electrons. The Labute approximate surface area is 192 Å². The third-order valence-corrected chi connectivity index (χ3v) is 5.82. The summed E-state index contributed by atoms with van der Waals surface area (Å²) in [7, 11) is 0. The largest absolute Gasteiger partial charge is 0.451 e. The second-order valence-electron chi connectivity index (χ2n) is 7.78. The summed E-state index contributed by atoms with van der Waals surface area (Å²) in [5.41, 5.74) is 1.36. The molecule has 4 rings (SSSR count). The molecule has 1 atom stereocenters. The van der Waals surface area contributed by atoms with Gasteiger partial charge in [-0.25, -0.2) is 19.3 Å². The van der Waals surface area contributed by atoms with E-state index in [-0.39, 0.29) is 12.5 Å². The minimum atomic E-state index is -4.65. The molecule has 3 aromatic rings. The van der Waals surface area contributed by atoms with Crippen LogP contribution in [0, 0.1) is 0 Å². The van der Waals surface area contributed by atoms with Gasteiger partial charge in [-0.15, -0.1) is 0 Å². The van der Waals surface area contributed by atoms with Gasteiger partial charge in [0.1, 0.15) is 11.3 Å². The Morgan fingerprint density at radius 1 is 1.15 bits per heavy atom. The summed E-state index contributed by atoms with van der Waals surface area (Å²) >= 11 is 5.93. The quantitative estimate of drug-likeness (QED) is 0.426. The number of carbonyl (C=O) groups excluding carboxylic acids is 1. The molecule has 0 spiro atoms. The molecular weight excluding hydrogens is 462 g/mol. The van der Waals surface area contributed by atoms with Crippen molar-refractivity contribution in [3.05, 3.63) is 64.8 Å². The summed E-state index contributed by atoms with van der Waals surface area (Å²) in [6, 6.07) is 7.86. The minimum absolute atomic E-state index is 0.0852. The predicted octanol–water partition coefficient (Wildman–Crippen LogP) is 4.60. The van der Waals surface area contributed by atoms with E-state index in [0.29, 0.717) is 53.1 Å². The van der Waals surface area contributed by atoms with Crippen molar-refractivity contribution in [1.82, 2.24) is 25.2 Å². The standard InChI is InChI=1S/C22H20ClF4N5O/c23-19-5-4-15-16(2-1-3-17(15)31-19)20(33)28-12-18(32-8-6-14(24)7-9-32)13-10-29-21(30-11-13)22(25,26)27/h1-5,10-11,14,18H,6-9,12H2,(H,28,33). The van der Waals surface area contributed by atoms with E-state index in [1.54, 1.807) is 30.3 Å². The Hall–Kier alpha value is -2.85. The lowest BCUT2D eigenvalue weighted by atomic mass is 10.0. The Balaban J connectivity index is 1.56. The summed E-state index contributed by atoms with van der Waals surface area (Å²) in [5.74, 6) is -1.61. The Morgan fingerprint density at radius 3 is 2.52 bits per heavy atom. The van der Waals surface area contributed by atoms with Crippen molar-refractivity contribution in [2.24, 2.45) is 0 Å². The maximum Gasteiger partial charge on any atom is 0.451 e. The Morgan fingerprint density at radius 2 is 1.85 bits per heavy atom. The van der Waals surface area contributed by atoms with Crippen LogP contribution in [0.25, 0.3) is 10.9 Å². The lowest BCUT2D eigenvalue weighted by molar-refractivity contribution is -0.145. The van der Waals surface area contributed by atoms with E-state index in [1.807, 2.05) is 4.90 Å². The number of likely N-dealkylation sites (tertiary alicyclic amines) is 1. The van der Waals surface area contributed by atoms with Crippen LogP contribution in [0.1, 0.15) is 40.6 Å². The smallest absolute Gasteiger partial charge is 0.350 e. The number of piperidine rings is 1. The number of rotatable bonds is 5. The van der Waals surface area contributed by atoms with E-state index >= 15 is 0 Å². The van der Waals surface area contributed by atoms with Crippen LogP contribution in [0.4, 0.5) is 17.6 Å². The van der Waals surface area contributed by atoms with Crippen molar-refractivity contribution < 1.29 is 22.4 Å². The highest BCUT2D eigenvalue weighted by Crippen LogP contribution is 2.29. The van der Waals surface area contributed by atoms with Gasteiger partial charge in [0, 0.05) is 48.5 Å². The monoisotopic (exact) mass is 481 g/mol. The fraction of sp³-hybridized carbons (Fsp3) is 0.364. The van der Waals surface area contributed by atoms with Crippen LogP contribution in [0.2, 0.25) is 5.15 Å². The number of amides is 1. The molecular formula is C22H20ClF4N5O. The van der Waals surface area contributed by atoms with E-state index in [0.717, 1.165) is 12.4 Å². The van der Waals surface area contributed by atoms with Crippen molar-refractivity contribution in [3.63, 3.8) is 0 Å². The van der Waals surface area contributed by atoms with Crippen LogP contribution in [-0.2, 0) is 6.18 Å². The first-order chi connectivity index (χ1) is 15.7. The Bertz CT molecular complexity index is 1130. The molecule has 0 saturated carbocycles. The minimum Gasteiger partial charge on any atom is -0.350 e. The lowest BCUT2D eigenvalue weighted by Crippen LogP contribution is -2.42. The van der Waals surface area contributed by atoms with Crippen molar-refractivity contribution >= 4 is 28.4 Å². The third kappa shape index (κ3) is 5.39. The molecule has 6 nitrogen and oxygen atoms in total. The number of benzene rings is 1. The lowest BCUT2D eigenvalue weighted by Gasteiger charge is -2.35. The fourth-order valence-corrected chi connectivity index (χ4v) is 4.06. The summed E-state index contributed by atoms with van der Waals surface area (Å²) in [4.78, 5) is 26.0. The van der Waals surface area contributed by atoms with Crippen LogP contribution >= 0.6 is 11.6 Å². The number of hydrogen-bond donors (Lipinski definition) is 1. The molecule has 1 N–H and O–H groups in total. The van der Waals surface area contributed by atoms with Crippen molar-refractivity contribution in [2.45, 2.75) is 31.2 Å². The number of hydrogen-bond acceptors (Lipinski definition) is 5. The first kappa shape index (κ1) is 23.3. The van der Waals surface area contributed by atoms with Crippen molar-refractivity contribution in [3.8, 4) is 0 Å². The summed E-state index contributed by atoms with van der Waals surface area (Å²) in [6.45, 7) is 0.890. The molecule has 1 fully saturated rings. The van der Waals surface area contributed by atoms with E-state index in [2.05, 4.69) is 20.3 Å². The van der Waals surface area contributed by atoms with Gasteiger partial charge in [-0.05, 0) is 37.1 Å². The highest BCUT2D eigenvalue weighted by atomic mass is 35.5. The molecule has 1 unspecified atom stereocenters. The maximum absolute atomic E-state index is 13.7. The van der Waals surface area contributed by atoms with E-state index < -0.39 is 24.2 Å². The topological polar surface area (TPSA) is 71.0 Å². The molecule has 0 aliphatic carbocycles. The molecule has 33 heavy (non-hydrogen) atoms. The van der Waals surface area contributed by atoms with E-state index in [4.69, 9.17) is 11.6 Å². The number of aromatic nitrogens is 3. The highest BCUT2D eigenvalue weighted by molar-refractivity contribution is 6.29. The fourth-order valence-electron chi connectivity index (χ4n) is 3.91. The molecule has 1 saturated heterocycles. The van der Waals surface area contributed by atoms with Crippen molar-refractivity contribution in [2.75, 3.05) is 19.6 Å². The molecule has 1 amide bonds. The summed E-state index contributed by atoms with van der Waals surface area (Å²) < 4.78 is 52.3. The SMILES string of the molecule is O=C(NCC(c1cnc(C(F)(F)F)nc1)N1CCC(F)CC1)c1cccc2nc(Cl)ccc12. The van der Waals surface area contributed by atoms with Gasteiger partial charge in [0.2, 0.25) is 5.82 Å². The number of carbonyl (C=O) groups is 1. The zero-order valence-electron chi connectivity index (χ0n) is 17.3. The normalized spacial score (nSPS) is 16.6. The number of fused-ring (bicyclic) bond motifs is 1. The molecule has 2 aromatic heterocycles. The molecule has 11 heteroatoms. The highest BCUT2D eigenvalue weighted by Gasteiger charge is 2.35. The second-order valence-corrected chi connectivity index (χ2v) is 8.17. The zero-order valence-corrected chi connectivity index (χ0v) is 18.1. The van der Waals surface area contributed by atoms with Crippen LogP contribution in [0.3, 0.4) is 0 Å². The van der Waals surface area contributed by atoms with E-state index in [9.17, 15) is 22.4 Å². The van der Waals surface area contributed by atoms with Gasteiger partial charge in [0.15, 0.2) is 0 Å². The maximum atomic E-state index is 13.7. The molecule has 0 bridgehead atoms. The Kier molecular flexibility index (Phi) is 6.76. The van der Waals surface area contributed by atoms with Gasteiger partial charge in [0.25, 0.3) is 5.91 Å². The molecule has 3 heterocycles. The first-order valence-electron chi connectivity index (χ1n) is 10.3. The van der Waals surface area contributed by atoms with Gasteiger partial charge >= 0.3 is 6.18 Å². The van der Waals surface area contributed by atoms with Gasteiger partial charge in [-0.1, -0.05) is 17.7 Å². The van der Waals surface area contributed by atoms with Crippen LogP contribution < -0.4 is 5.32 Å². The van der Waals surface area contributed by atoms with Crippen LogP contribution in [0.5, 0.6) is 0 Å². The number of pyridine rings is 1. The second kappa shape index (κ2) is 9.56. The van der Waals surface area contributed by atoms with Crippen LogP contribution in [0.15, 0.2) is 42.7 Å². The summed E-state index contributed by atoms with van der Waals surface area (Å²) in [6.07, 6.45) is -2.74. The first-order valence-corrected chi connectivity index (χ1v) is 10.7. The number of nitrogens with zero attached hydrogens (tertiary/aromatic N) is 4. The third-order valence-electron chi connectivity index (χ3n) is 5.61. The van der Waals surface area contributed by atoms with Gasteiger partial charge in [-0.3, -0.25) is 9.69 Å². The van der Waals surface area contributed by atoms with Crippen molar-refractivity contribution in [1.29, 1.82) is 0 Å². The van der Waals surface area contributed by atoms with Gasteiger partial charge < -0.3 is 5.32 Å². The predicted molar refractivity (Wildman–Crippen MR) is 115 cm³/mol. The van der Waals surface area contributed by atoms with Crippen LogP contribution in [-0.4, -0.2) is 51.6 Å². The molecule has 1 aromatic carbocycles. The van der Waals surface area contributed by atoms with E-state index in [1.165, 1.54) is 0 Å². The molecule has 1 aliphatic rings. The van der Waals surface area contributed by atoms with Gasteiger partial charge in [-0.2, -0.15) is 13.2 Å². The van der Waals surface area contributed by atoms with Gasteiger partial charge in [0.05, 0.1) is 11.6 Å². The zero-order chi connectivity index (χ0) is 23.6. The number of alkyl halides is 4. The summed E-state index contributed by atoms with van der Waals surface area (Å²) in [5, 5.41) is 3.77. The number of nitrogens with one attached hydrogen (secondary N) is 1.